The van der Waals surface area contributed by atoms with Gasteiger partial charge in [0.05, 0.1) is 11.5 Å². The van der Waals surface area contributed by atoms with Gasteiger partial charge >= 0.3 is 0 Å². The lowest BCUT2D eigenvalue weighted by atomic mass is 9.84. The van der Waals surface area contributed by atoms with Crippen molar-refractivity contribution in [2.45, 2.75) is 33.1 Å². The van der Waals surface area contributed by atoms with Crippen LogP contribution in [0, 0.1) is 16.7 Å². The van der Waals surface area contributed by atoms with Crippen molar-refractivity contribution in [1.82, 2.24) is 5.32 Å². The highest BCUT2D eigenvalue weighted by Gasteiger charge is 2.34. The van der Waals surface area contributed by atoms with Gasteiger partial charge in [0, 0.05) is 22.2 Å². The average molecular weight is 499 g/mol. The summed E-state index contributed by atoms with van der Waals surface area (Å²) in [5.41, 5.74) is 5.37. The highest BCUT2D eigenvalue weighted by molar-refractivity contribution is 5.93. The first-order chi connectivity index (χ1) is 18.3. The summed E-state index contributed by atoms with van der Waals surface area (Å²) >= 11 is 0. The second-order valence-corrected chi connectivity index (χ2v) is 10.6. The highest BCUT2D eigenvalue weighted by Crippen LogP contribution is 2.44. The smallest absolute Gasteiger partial charge is 0.236 e. The Hall–Kier alpha value is -4.62. The molecule has 0 radical (unpaired) electrons. The van der Waals surface area contributed by atoms with Gasteiger partial charge in [0.25, 0.3) is 0 Å². The van der Waals surface area contributed by atoms with Gasteiger partial charge in [-0.1, -0.05) is 112 Å². The summed E-state index contributed by atoms with van der Waals surface area (Å²) in [7, 11) is 0. The third kappa shape index (κ3) is 5.10. The molecular formula is C34H30N2O2. The van der Waals surface area contributed by atoms with Crippen molar-refractivity contribution in [3.8, 4) is 17.6 Å². The van der Waals surface area contributed by atoms with E-state index in [-0.39, 0.29) is 5.91 Å². The standard InChI is InChI=1S/C34H30N2O2/c1-34(2,3)32(28(22-35)25-19-17-24(18-20-25)21-23-11-5-4-6-12-23)36-33(37)31-26-13-7-9-15-29(26)38-30-16-10-8-14-27(30)31/h4-20,31H,21H2,1-3H3,(H,36,37)/b32-28-. The van der Waals surface area contributed by atoms with E-state index in [1.165, 1.54) is 5.56 Å². The van der Waals surface area contributed by atoms with Gasteiger partial charge in [-0.3, -0.25) is 4.79 Å². The molecule has 4 aromatic carbocycles. The Balaban J connectivity index is 1.50. The lowest BCUT2D eigenvalue weighted by molar-refractivity contribution is -0.121. The first-order valence-electron chi connectivity index (χ1n) is 12.8. The molecular weight excluding hydrogens is 468 g/mol. The zero-order chi connectivity index (χ0) is 26.7. The monoisotopic (exact) mass is 498 g/mol. The molecule has 0 aromatic heterocycles. The van der Waals surface area contributed by atoms with Crippen molar-refractivity contribution in [3.63, 3.8) is 0 Å². The third-order valence-electron chi connectivity index (χ3n) is 6.80. The quantitative estimate of drug-likeness (QED) is 0.288. The molecule has 4 nitrogen and oxygen atoms in total. The van der Waals surface area contributed by atoms with Crippen LogP contribution in [0.3, 0.4) is 0 Å². The molecule has 1 heterocycles. The predicted octanol–water partition coefficient (Wildman–Crippen LogP) is 7.61. The molecule has 0 bridgehead atoms. The second kappa shape index (κ2) is 10.4. The Morgan fingerprint density at radius 2 is 1.32 bits per heavy atom. The Bertz CT molecular complexity index is 1490. The first-order valence-corrected chi connectivity index (χ1v) is 12.8. The van der Waals surface area contributed by atoms with Crippen LogP contribution in [0.2, 0.25) is 0 Å². The van der Waals surface area contributed by atoms with Gasteiger partial charge < -0.3 is 10.1 Å². The number of carbonyl (C=O) groups excluding carboxylic acids is 1. The van der Waals surface area contributed by atoms with Gasteiger partial charge in [0.1, 0.15) is 17.6 Å². The topological polar surface area (TPSA) is 62.1 Å². The molecule has 4 aromatic rings. The van der Waals surface area contributed by atoms with E-state index >= 15 is 0 Å². The summed E-state index contributed by atoms with van der Waals surface area (Å²) in [6.45, 7) is 6.03. The van der Waals surface area contributed by atoms with E-state index in [1.54, 1.807) is 0 Å². The third-order valence-corrected chi connectivity index (χ3v) is 6.80. The van der Waals surface area contributed by atoms with Gasteiger partial charge in [-0.2, -0.15) is 5.26 Å². The molecule has 1 aliphatic heterocycles. The van der Waals surface area contributed by atoms with Crippen LogP contribution in [0.15, 0.2) is 109 Å². The molecule has 1 N–H and O–H groups in total. The molecule has 0 unspecified atom stereocenters. The molecule has 38 heavy (non-hydrogen) atoms. The number of benzene rings is 4. The number of para-hydroxylation sites is 2. The van der Waals surface area contributed by atoms with Gasteiger partial charge in [-0.15, -0.1) is 0 Å². The van der Waals surface area contributed by atoms with Crippen LogP contribution in [0.1, 0.15) is 54.5 Å². The number of rotatable bonds is 5. The van der Waals surface area contributed by atoms with Crippen LogP contribution in [-0.4, -0.2) is 5.91 Å². The number of ether oxygens (including phenoxy) is 1. The summed E-state index contributed by atoms with van der Waals surface area (Å²) in [4.78, 5) is 14.0. The average Bonchev–Trinajstić information content (AvgIpc) is 2.92. The van der Waals surface area contributed by atoms with Crippen LogP contribution in [0.25, 0.3) is 5.57 Å². The van der Waals surface area contributed by atoms with Gasteiger partial charge in [0.2, 0.25) is 5.91 Å². The summed E-state index contributed by atoms with van der Waals surface area (Å²) < 4.78 is 6.08. The van der Waals surface area contributed by atoms with Gasteiger partial charge in [-0.05, 0) is 35.2 Å². The number of nitrogens with zero attached hydrogens (tertiary/aromatic N) is 1. The summed E-state index contributed by atoms with van der Waals surface area (Å²) in [5, 5.41) is 13.5. The number of hydrogen-bond acceptors (Lipinski definition) is 3. The van der Waals surface area contributed by atoms with Crippen molar-refractivity contribution >= 4 is 11.5 Å². The maximum Gasteiger partial charge on any atom is 0.236 e. The van der Waals surface area contributed by atoms with Crippen LogP contribution in [0.5, 0.6) is 11.5 Å². The lowest BCUT2D eigenvalue weighted by Gasteiger charge is -2.30. The Morgan fingerprint density at radius 3 is 1.87 bits per heavy atom. The van der Waals surface area contributed by atoms with Crippen molar-refractivity contribution in [1.29, 1.82) is 5.26 Å². The molecule has 1 aliphatic rings. The SMILES string of the molecule is CC(C)(C)/C(NC(=O)C1c2ccccc2Oc2ccccc21)=C(\C#N)c1ccc(Cc2ccccc2)cc1. The minimum absolute atomic E-state index is 0.188. The number of hydrogen-bond donors (Lipinski definition) is 1. The minimum Gasteiger partial charge on any atom is -0.457 e. The molecule has 0 saturated heterocycles. The van der Waals surface area contributed by atoms with E-state index < -0.39 is 11.3 Å². The molecule has 188 valence electrons. The number of amides is 1. The van der Waals surface area contributed by atoms with Crippen molar-refractivity contribution in [3.05, 3.63) is 137 Å². The maximum atomic E-state index is 14.0. The number of fused-ring (bicyclic) bond motifs is 2. The number of allylic oxidation sites excluding steroid dienone is 2. The fraction of sp³-hybridized carbons (Fsp3) is 0.176. The van der Waals surface area contributed by atoms with E-state index in [0.29, 0.717) is 22.8 Å². The van der Waals surface area contributed by atoms with Crippen molar-refractivity contribution in [2.24, 2.45) is 5.41 Å². The van der Waals surface area contributed by atoms with E-state index in [1.807, 2.05) is 112 Å². The molecule has 0 spiro atoms. The largest absolute Gasteiger partial charge is 0.457 e. The van der Waals surface area contributed by atoms with Crippen LogP contribution in [0.4, 0.5) is 0 Å². The van der Waals surface area contributed by atoms with Crippen LogP contribution in [-0.2, 0) is 11.2 Å². The first kappa shape index (κ1) is 25.0. The van der Waals surface area contributed by atoms with E-state index in [0.717, 1.165) is 28.7 Å². The van der Waals surface area contributed by atoms with Crippen LogP contribution < -0.4 is 10.1 Å². The summed E-state index contributed by atoms with van der Waals surface area (Å²) in [6.07, 6.45) is 0.818. The molecule has 0 atom stereocenters. The molecule has 0 fully saturated rings. The molecule has 0 aliphatic carbocycles. The summed E-state index contributed by atoms with van der Waals surface area (Å²) in [5.74, 6) is 0.595. The fourth-order valence-electron chi connectivity index (χ4n) is 4.90. The minimum atomic E-state index is -0.554. The normalized spacial score (nSPS) is 13.3. The Morgan fingerprint density at radius 1 is 0.789 bits per heavy atom. The van der Waals surface area contributed by atoms with Crippen LogP contribution >= 0.6 is 0 Å². The van der Waals surface area contributed by atoms with Gasteiger partial charge in [-0.25, -0.2) is 0 Å². The van der Waals surface area contributed by atoms with E-state index in [9.17, 15) is 10.1 Å². The van der Waals surface area contributed by atoms with E-state index in [4.69, 9.17) is 4.74 Å². The zero-order valence-electron chi connectivity index (χ0n) is 21.9. The maximum absolute atomic E-state index is 14.0. The molecule has 1 amide bonds. The molecule has 5 rings (SSSR count). The van der Waals surface area contributed by atoms with Crippen molar-refractivity contribution in [2.75, 3.05) is 0 Å². The Labute approximate surface area is 224 Å². The summed E-state index contributed by atoms with van der Waals surface area (Å²) in [6, 6.07) is 35.9. The lowest BCUT2D eigenvalue weighted by Crippen LogP contribution is -2.36. The zero-order valence-corrected chi connectivity index (χ0v) is 21.9. The number of nitrogens with one attached hydrogen (secondary N) is 1. The Kier molecular flexibility index (Phi) is 6.85. The molecule has 4 heteroatoms. The molecule has 0 saturated carbocycles. The second-order valence-electron chi connectivity index (χ2n) is 10.6. The van der Waals surface area contributed by atoms with Crippen molar-refractivity contribution < 1.29 is 9.53 Å². The highest BCUT2D eigenvalue weighted by atomic mass is 16.5. The number of nitriles is 1. The van der Waals surface area contributed by atoms with Gasteiger partial charge in [0.15, 0.2) is 0 Å². The fourth-order valence-corrected chi connectivity index (χ4v) is 4.90. The predicted molar refractivity (Wildman–Crippen MR) is 151 cm³/mol. The van der Waals surface area contributed by atoms with E-state index in [2.05, 4.69) is 23.5 Å². The number of carbonyl (C=O) groups is 1.